The highest BCUT2D eigenvalue weighted by Gasteiger charge is 2.20. The number of hydrogen-bond acceptors (Lipinski definition) is 2. The van der Waals surface area contributed by atoms with E-state index < -0.39 is 0 Å². The van der Waals surface area contributed by atoms with Crippen LogP contribution in [0.3, 0.4) is 0 Å². The van der Waals surface area contributed by atoms with Crippen LogP contribution in [0.1, 0.15) is 47.5 Å². The molecule has 0 heterocycles. The van der Waals surface area contributed by atoms with Crippen LogP contribution >= 0.6 is 0 Å². The highest BCUT2D eigenvalue weighted by molar-refractivity contribution is 5.32. The minimum absolute atomic E-state index is 0.668. The van der Waals surface area contributed by atoms with E-state index in [9.17, 15) is 0 Å². The van der Waals surface area contributed by atoms with Gasteiger partial charge >= 0.3 is 0 Å². The molecule has 3 atom stereocenters. The lowest BCUT2D eigenvalue weighted by Crippen LogP contribution is -2.14. The van der Waals surface area contributed by atoms with E-state index in [0.29, 0.717) is 17.8 Å². The Hall–Kier alpha value is -1.38. The number of allylic oxidation sites excluding steroid dienone is 10. The lowest BCUT2D eigenvalue weighted by Gasteiger charge is -2.26. The fraction of sp³-hybridized carbons (Fsp3) is 0.565. The predicted molar refractivity (Wildman–Crippen MR) is 113 cm³/mol. The van der Waals surface area contributed by atoms with Crippen LogP contribution in [0, 0.1) is 17.8 Å². The molecule has 25 heavy (non-hydrogen) atoms. The number of hydrogen-bond donors (Lipinski definition) is 2. The minimum Gasteiger partial charge on any atom is -0.400 e. The number of aliphatic hydroxyl groups excluding tert-OH is 1. The van der Waals surface area contributed by atoms with Gasteiger partial charge in [-0.2, -0.15) is 0 Å². The Kier molecular flexibility index (Phi) is 14.1. The molecule has 0 fully saturated rings. The van der Waals surface area contributed by atoms with E-state index in [1.165, 1.54) is 12.0 Å². The van der Waals surface area contributed by atoms with Crippen molar-refractivity contribution in [1.82, 2.24) is 5.32 Å². The van der Waals surface area contributed by atoms with Gasteiger partial charge in [0.2, 0.25) is 0 Å². The molecule has 2 nitrogen and oxygen atoms in total. The summed E-state index contributed by atoms with van der Waals surface area (Å²) < 4.78 is 0. The Morgan fingerprint density at radius 1 is 1.08 bits per heavy atom. The Bertz CT molecular complexity index is 480. The summed E-state index contributed by atoms with van der Waals surface area (Å²) in [5, 5.41) is 10.1. The molecule has 2 heteroatoms. The fourth-order valence-electron chi connectivity index (χ4n) is 3.19. The lowest BCUT2D eigenvalue weighted by atomic mass is 9.79. The minimum atomic E-state index is 0.668. The Morgan fingerprint density at radius 3 is 2.28 bits per heavy atom. The summed E-state index contributed by atoms with van der Waals surface area (Å²) in [7, 11) is 1.00. The molecule has 0 radical (unpaired) electrons. The third-order valence-corrected chi connectivity index (χ3v) is 4.72. The predicted octanol–water partition coefficient (Wildman–Crippen LogP) is 5.45. The molecule has 2 unspecified atom stereocenters. The topological polar surface area (TPSA) is 32.3 Å². The van der Waals surface area contributed by atoms with E-state index in [4.69, 9.17) is 5.11 Å². The summed E-state index contributed by atoms with van der Waals surface area (Å²) in [5.74, 6) is 2.04. The molecule has 0 aromatic carbocycles. The molecule has 142 valence electrons. The summed E-state index contributed by atoms with van der Waals surface area (Å²) in [6.45, 7) is 13.3. The first-order valence-electron chi connectivity index (χ1n) is 9.63. The first kappa shape index (κ1) is 23.6. The first-order chi connectivity index (χ1) is 12.1. The third-order valence-electron chi connectivity index (χ3n) is 4.72. The molecule has 0 aromatic heterocycles. The Balaban J connectivity index is 0.000000710. The van der Waals surface area contributed by atoms with Crippen LogP contribution in [0.15, 0.2) is 59.8 Å². The number of nitrogens with one attached hydrogen (secondary N) is 1. The van der Waals surface area contributed by atoms with Crippen LogP contribution in [0.2, 0.25) is 0 Å². The van der Waals surface area contributed by atoms with Gasteiger partial charge in [-0.3, -0.25) is 0 Å². The van der Waals surface area contributed by atoms with Gasteiger partial charge < -0.3 is 10.4 Å². The normalized spacial score (nSPS) is 22.5. The largest absolute Gasteiger partial charge is 0.400 e. The maximum Gasteiger partial charge on any atom is 0.0319 e. The van der Waals surface area contributed by atoms with Gasteiger partial charge in [-0.25, -0.2) is 0 Å². The van der Waals surface area contributed by atoms with Crippen molar-refractivity contribution >= 4 is 0 Å². The van der Waals surface area contributed by atoms with Crippen LogP contribution in [0.5, 0.6) is 0 Å². The molecule has 0 saturated heterocycles. The zero-order chi connectivity index (χ0) is 19.1. The van der Waals surface area contributed by atoms with E-state index in [-0.39, 0.29) is 0 Å². The summed E-state index contributed by atoms with van der Waals surface area (Å²) in [5.41, 5.74) is 3.06. The van der Waals surface area contributed by atoms with Crippen molar-refractivity contribution in [2.24, 2.45) is 17.8 Å². The summed E-state index contributed by atoms with van der Waals surface area (Å²) in [6, 6.07) is 0. The van der Waals surface area contributed by atoms with Crippen molar-refractivity contribution in [3.05, 3.63) is 59.8 Å². The molecule has 0 amide bonds. The van der Waals surface area contributed by atoms with Gasteiger partial charge in [0.15, 0.2) is 0 Å². The molecule has 0 spiro atoms. The summed E-state index contributed by atoms with van der Waals surface area (Å²) >= 11 is 0. The maximum atomic E-state index is 7.00. The van der Waals surface area contributed by atoms with Gasteiger partial charge in [-0.15, -0.1) is 0 Å². The van der Waals surface area contributed by atoms with Gasteiger partial charge in [0.25, 0.3) is 0 Å². The van der Waals surface area contributed by atoms with Crippen LogP contribution < -0.4 is 5.32 Å². The molecule has 0 saturated carbocycles. The van der Waals surface area contributed by atoms with Crippen molar-refractivity contribution in [3.8, 4) is 0 Å². The van der Waals surface area contributed by atoms with Crippen molar-refractivity contribution in [2.45, 2.75) is 47.5 Å². The molecule has 2 N–H and O–H groups in total. The monoisotopic (exact) mass is 345 g/mol. The Labute approximate surface area is 156 Å². The summed E-state index contributed by atoms with van der Waals surface area (Å²) in [6.07, 6.45) is 20.3. The second-order valence-corrected chi connectivity index (χ2v) is 6.59. The molecule has 2 rings (SSSR count). The van der Waals surface area contributed by atoms with Gasteiger partial charge in [0.05, 0.1) is 0 Å². The molecule has 0 aromatic rings. The fourth-order valence-corrected chi connectivity index (χ4v) is 3.19. The van der Waals surface area contributed by atoms with E-state index in [2.05, 4.69) is 88.5 Å². The summed E-state index contributed by atoms with van der Waals surface area (Å²) in [4.78, 5) is 0. The smallest absolute Gasteiger partial charge is 0.0319 e. The van der Waals surface area contributed by atoms with E-state index in [1.54, 1.807) is 5.57 Å². The van der Waals surface area contributed by atoms with Gasteiger partial charge in [-0.1, -0.05) is 87.4 Å². The molecule has 2 aliphatic rings. The highest BCUT2D eigenvalue weighted by Crippen LogP contribution is 2.32. The van der Waals surface area contributed by atoms with Crippen molar-refractivity contribution in [2.75, 3.05) is 20.2 Å². The van der Waals surface area contributed by atoms with Crippen LogP contribution in [-0.4, -0.2) is 25.3 Å². The lowest BCUT2D eigenvalue weighted by molar-refractivity contribution is 0.399. The van der Waals surface area contributed by atoms with Gasteiger partial charge in [0.1, 0.15) is 0 Å². The maximum absolute atomic E-state index is 7.00. The number of rotatable bonds is 5. The van der Waals surface area contributed by atoms with Crippen molar-refractivity contribution in [1.29, 1.82) is 0 Å². The Morgan fingerprint density at radius 2 is 1.72 bits per heavy atom. The highest BCUT2D eigenvalue weighted by atomic mass is 16.2. The molecule has 2 aliphatic carbocycles. The quantitative estimate of drug-likeness (QED) is 0.694. The zero-order valence-electron chi connectivity index (χ0n) is 17.1. The standard InChI is InChI=1S/C18H24.C4H11N.CH4O/c1-14-9-7-8-11-17(14)13-16(3)18-12-6-4-5-10-15(18)2;1-3-5-4-2;1-2/h4-11,14,16-17H,12-13H2,1-3H3;5H,3-4H2,1-2H3;2H,1H3/t14?,16?,17-;;/m1../s1. The second-order valence-electron chi connectivity index (χ2n) is 6.59. The van der Waals surface area contributed by atoms with Gasteiger partial charge in [0, 0.05) is 7.11 Å². The van der Waals surface area contributed by atoms with Crippen molar-refractivity contribution in [3.63, 3.8) is 0 Å². The molecule has 0 aliphatic heterocycles. The van der Waals surface area contributed by atoms with Crippen LogP contribution in [-0.2, 0) is 0 Å². The SMILES string of the molecule is CC1=C(C(C)C[C@H]2C=CC=CC2C)CC=CC=C1.CCNCC.CO. The van der Waals surface area contributed by atoms with Crippen molar-refractivity contribution < 1.29 is 5.11 Å². The molecular weight excluding hydrogens is 306 g/mol. The molecule has 0 bridgehead atoms. The number of aliphatic hydroxyl groups is 1. The van der Waals surface area contributed by atoms with Crippen LogP contribution in [0.25, 0.3) is 0 Å². The van der Waals surface area contributed by atoms with E-state index in [0.717, 1.165) is 26.6 Å². The van der Waals surface area contributed by atoms with Crippen LogP contribution in [0.4, 0.5) is 0 Å². The zero-order valence-corrected chi connectivity index (χ0v) is 17.1. The first-order valence-corrected chi connectivity index (χ1v) is 9.63. The average molecular weight is 346 g/mol. The van der Waals surface area contributed by atoms with E-state index >= 15 is 0 Å². The average Bonchev–Trinajstić information content (AvgIpc) is 2.84. The van der Waals surface area contributed by atoms with E-state index in [1.807, 2.05) is 0 Å². The van der Waals surface area contributed by atoms with Gasteiger partial charge in [-0.05, 0) is 50.6 Å². The molecular formula is C23H39NO. The second kappa shape index (κ2) is 14.9. The third kappa shape index (κ3) is 9.62.